The molecule has 4 rings (SSSR count). The van der Waals surface area contributed by atoms with Gasteiger partial charge in [-0.3, -0.25) is 9.36 Å². The van der Waals surface area contributed by atoms with Gasteiger partial charge in [0.15, 0.2) is 16.8 Å². The number of thiophene rings is 1. The van der Waals surface area contributed by atoms with Gasteiger partial charge in [0.1, 0.15) is 5.75 Å². The van der Waals surface area contributed by atoms with E-state index in [-0.39, 0.29) is 17.6 Å². The molecular weight excluding hydrogens is 474 g/mol. The van der Waals surface area contributed by atoms with Gasteiger partial charge in [-0.2, -0.15) is 0 Å². The van der Waals surface area contributed by atoms with Gasteiger partial charge in [-0.05, 0) is 58.4 Å². The molecule has 1 atom stereocenters. The quantitative estimate of drug-likeness (QED) is 0.327. The van der Waals surface area contributed by atoms with Gasteiger partial charge < -0.3 is 9.47 Å². The van der Waals surface area contributed by atoms with E-state index in [0.717, 1.165) is 39.8 Å². The number of rotatable bonds is 8. The lowest BCUT2D eigenvalue weighted by Gasteiger charge is -2.14. The van der Waals surface area contributed by atoms with Crippen LogP contribution in [-0.4, -0.2) is 46.1 Å². The number of ether oxygens (including phenoxy) is 2. The number of hydrogen-bond donors (Lipinski definition) is 0. The molecule has 2 aromatic heterocycles. The Balaban J connectivity index is 1.52. The van der Waals surface area contributed by atoms with Gasteiger partial charge in [0.05, 0.1) is 34.9 Å². The average molecular weight is 494 g/mol. The Kier molecular flexibility index (Phi) is 6.69. The van der Waals surface area contributed by atoms with E-state index in [0.29, 0.717) is 17.9 Å². The molecule has 3 heterocycles. The van der Waals surface area contributed by atoms with Gasteiger partial charge in [-0.15, -0.1) is 21.5 Å². The van der Waals surface area contributed by atoms with E-state index in [2.05, 4.69) is 30.7 Å². The number of thioether (sulfide) groups is 1. The molecule has 0 bridgehead atoms. The van der Waals surface area contributed by atoms with E-state index in [9.17, 15) is 4.79 Å². The minimum Gasteiger partial charge on any atom is -0.496 e. The van der Waals surface area contributed by atoms with E-state index in [4.69, 9.17) is 9.47 Å². The highest BCUT2D eigenvalue weighted by atomic mass is 79.9. The third-order valence-electron chi connectivity index (χ3n) is 4.67. The van der Waals surface area contributed by atoms with Crippen LogP contribution in [0.2, 0.25) is 0 Å². The van der Waals surface area contributed by atoms with Crippen molar-refractivity contribution in [1.82, 2.24) is 14.8 Å². The number of halogens is 1. The van der Waals surface area contributed by atoms with Gasteiger partial charge in [-0.1, -0.05) is 17.8 Å². The summed E-state index contributed by atoms with van der Waals surface area (Å²) in [4.78, 5) is 13.8. The molecule has 3 aromatic rings. The zero-order valence-corrected chi connectivity index (χ0v) is 19.1. The maximum atomic E-state index is 12.7. The third kappa shape index (κ3) is 4.74. The predicted molar refractivity (Wildman–Crippen MR) is 118 cm³/mol. The molecule has 1 fully saturated rings. The first kappa shape index (κ1) is 20.6. The van der Waals surface area contributed by atoms with E-state index in [1.807, 2.05) is 17.5 Å². The Morgan fingerprint density at radius 2 is 2.31 bits per heavy atom. The van der Waals surface area contributed by atoms with Crippen molar-refractivity contribution < 1.29 is 14.3 Å². The summed E-state index contributed by atoms with van der Waals surface area (Å²) in [5.74, 6) is 1.85. The molecule has 1 unspecified atom stereocenters. The first-order valence-corrected chi connectivity index (χ1v) is 11.9. The molecule has 1 aliphatic rings. The van der Waals surface area contributed by atoms with Crippen LogP contribution >= 0.6 is 39.0 Å². The van der Waals surface area contributed by atoms with Crippen LogP contribution in [0.4, 0.5) is 0 Å². The second-order valence-corrected chi connectivity index (χ2v) is 9.33. The third-order valence-corrected chi connectivity index (χ3v) is 7.13. The van der Waals surface area contributed by atoms with Crippen LogP contribution in [0.1, 0.15) is 23.2 Å². The van der Waals surface area contributed by atoms with Crippen molar-refractivity contribution in [2.75, 3.05) is 19.5 Å². The smallest absolute Gasteiger partial charge is 0.192 e. The fraction of sp³-hybridized carbons (Fsp3) is 0.350. The highest BCUT2D eigenvalue weighted by Gasteiger charge is 2.23. The van der Waals surface area contributed by atoms with Gasteiger partial charge in [-0.25, -0.2) is 0 Å². The van der Waals surface area contributed by atoms with Crippen molar-refractivity contribution in [2.24, 2.45) is 0 Å². The van der Waals surface area contributed by atoms with E-state index >= 15 is 0 Å². The highest BCUT2D eigenvalue weighted by molar-refractivity contribution is 9.10. The number of hydrogen-bond acceptors (Lipinski definition) is 7. The van der Waals surface area contributed by atoms with E-state index in [1.54, 1.807) is 36.6 Å². The molecule has 1 aromatic carbocycles. The molecule has 1 aliphatic heterocycles. The first-order valence-electron chi connectivity index (χ1n) is 9.24. The van der Waals surface area contributed by atoms with Crippen LogP contribution in [0.15, 0.2) is 45.3 Å². The Labute approximate surface area is 185 Å². The first-order chi connectivity index (χ1) is 14.2. The largest absolute Gasteiger partial charge is 0.496 e. The van der Waals surface area contributed by atoms with Crippen molar-refractivity contribution >= 4 is 44.8 Å². The number of carbonyl (C=O) groups is 1. The average Bonchev–Trinajstić information content (AvgIpc) is 3.49. The summed E-state index contributed by atoms with van der Waals surface area (Å²) in [5.41, 5.74) is 0.633. The molecule has 0 saturated carbocycles. The number of benzene rings is 1. The molecule has 0 aliphatic carbocycles. The molecule has 1 saturated heterocycles. The van der Waals surface area contributed by atoms with Gasteiger partial charge in [0, 0.05) is 12.2 Å². The van der Waals surface area contributed by atoms with Crippen molar-refractivity contribution in [3.05, 3.63) is 45.7 Å². The fourth-order valence-corrected chi connectivity index (χ4v) is 5.29. The summed E-state index contributed by atoms with van der Waals surface area (Å²) < 4.78 is 13.9. The van der Waals surface area contributed by atoms with Crippen molar-refractivity contribution in [3.8, 4) is 16.5 Å². The van der Waals surface area contributed by atoms with Crippen LogP contribution in [-0.2, 0) is 11.3 Å². The number of ketones is 1. The predicted octanol–water partition coefficient (Wildman–Crippen LogP) is 4.93. The monoisotopic (exact) mass is 493 g/mol. The maximum Gasteiger partial charge on any atom is 0.192 e. The highest BCUT2D eigenvalue weighted by Crippen LogP contribution is 2.30. The molecule has 9 heteroatoms. The lowest BCUT2D eigenvalue weighted by atomic mass is 10.1. The molecule has 29 heavy (non-hydrogen) atoms. The second kappa shape index (κ2) is 9.42. The molecule has 152 valence electrons. The molecule has 0 radical (unpaired) electrons. The van der Waals surface area contributed by atoms with Crippen molar-refractivity contribution in [1.29, 1.82) is 0 Å². The van der Waals surface area contributed by atoms with Crippen LogP contribution in [0, 0.1) is 0 Å². The van der Waals surface area contributed by atoms with Crippen LogP contribution in [0.5, 0.6) is 5.75 Å². The number of methoxy groups -OCH3 is 1. The number of nitrogens with zero attached hydrogens (tertiary/aromatic N) is 3. The number of aromatic nitrogens is 3. The molecule has 6 nitrogen and oxygen atoms in total. The van der Waals surface area contributed by atoms with E-state index < -0.39 is 0 Å². The van der Waals surface area contributed by atoms with Gasteiger partial charge >= 0.3 is 0 Å². The van der Waals surface area contributed by atoms with Crippen LogP contribution in [0.25, 0.3) is 10.7 Å². The van der Waals surface area contributed by atoms with Gasteiger partial charge in [0.2, 0.25) is 0 Å². The minimum absolute atomic E-state index is 0.0303. The normalized spacial score (nSPS) is 16.3. The Morgan fingerprint density at radius 1 is 1.41 bits per heavy atom. The van der Waals surface area contributed by atoms with E-state index in [1.165, 1.54) is 11.8 Å². The van der Waals surface area contributed by atoms with Crippen molar-refractivity contribution in [2.45, 2.75) is 30.6 Å². The molecule has 0 amide bonds. The number of carbonyl (C=O) groups excluding carboxylic acids is 1. The van der Waals surface area contributed by atoms with Crippen LogP contribution in [0.3, 0.4) is 0 Å². The zero-order chi connectivity index (χ0) is 20.2. The second-order valence-electron chi connectivity index (χ2n) is 6.59. The summed E-state index contributed by atoms with van der Waals surface area (Å²) in [6.07, 6.45) is 2.27. The standard InChI is InChI=1S/C20H20BrN3O3S2/c1-26-17-7-6-13(10-15(17)21)16(25)12-29-20-23-22-19(18-5-3-9-28-18)24(20)11-14-4-2-8-27-14/h3,5-7,9-10,14H,2,4,8,11-12H2,1H3. The minimum atomic E-state index is 0.0303. The lowest BCUT2D eigenvalue weighted by Crippen LogP contribution is -2.17. The molecule has 0 N–H and O–H groups in total. The topological polar surface area (TPSA) is 66.2 Å². The maximum absolute atomic E-state index is 12.7. The summed E-state index contributed by atoms with van der Waals surface area (Å²) in [5, 5.41) is 11.5. The SMILES string of the molecule is COc1ccc(C(=O)CSc2nnc(-c3cccs3)n2CC2CCCO2)cc1Br. The molecule has 0 spiro atoms. The zero-order valence-electron chi connectivity index (χ0n) is 15.8. The Hall–Kier alpha value is -1.68. The number of Topliss-reactive ketones (excluding diaryl/α,β-unsaturated/α-hetero) is 1. The summed E-state index contributed by atoms with van der Waals surface area (Å²) >= 11 is 6.47. The molecular formula is C20H20BrN3O3S2. The Bertz CT molecular complexity index is 985. The van der Waals surface area contributed by atoms with Crippen LogP contribution < -0.4 is 4.74 Å². The Morgan fingerprint density at radius 3 is 3.00 bits per heavy atom. The summed E-state index contributed by atoms with van der Waals surface area (Å²) in [7, 11) is 1.60. The van der Waals surface area contributed by atoms with Crippen molar-refractivity contribution in [3.63, 3.8) is 0 Å². The summed E-state index contributed by atoms with van der Waals surface area (Å²) in [6, 6.07) is 9.39. The summed E-state index contributed by atoms with van der Waals surface area (Å²) in [6.45, 7) is 1.50. The fourth-order valence-electron chi connectivity index (χ4n) is 3.19. The lowest BCUT2D eigenvalue weighted by molar-refractivity contribution is 0.0953. The van der Waals surface area contributed by atoms with Gasteiger partial charge in [0.25, 0.3) is 0 Å².